The molecule has 1 saturated carbocycles. The number of fused-ring (bicyclic) bond motifs is 5. The Hall–Kier alpha value is -2.08. The summed E-state index contributed by atoms with van der Waals surface area (Å²) in [5.74, 6) is 1.18. The molecule has 0 spiro atoms. The van der Waals surface area contributed by atoms with Gasteiger partial charge in [0, 0.05) is 25.6 Å². The highest BCUT2D eigenvalue weighted by atomic mass is 16.8. The molecule has 0 bridgehead atoms. The van der Waals surface area contributed by atoms with Crippen LogP contribution in [0.1, 0.15) is 36.4 Å². The van der Waals surface area contributed by atoms with Crippen LogP contribution in [0.4, 0.5) is 0 Å². The van der Waals surface area contributed by atoms with Crippen LogP contribution in [0.5, 0.6) is 11.5 Å². The van der Waals surface area contributed by atoms with Crippen molar-refractivity contribution in [1.82, 2.24) is 4.90 Å². The third-order valence-electron chi connectivity index (χ3n) is 6.66. The van der Waals surface area contributed by atoms with Crippen LogP contribution in [-0.2, 0) is 20.7 Å². The molecule has 0 aromatic heterocycles. The van der Waals surface area contributed by atoms with Gasteiger partial charge in [0.25, 0.3) is 0 Å². The van der Waals surface area contributed by atoms with Crippen LogP contribution in [0.3, 0.4) is 0 Å². The average molecular weight is 359 g/mol. The number of Topliss-reactive ketones (excluding diaryl/α,β-unsaturated/α-hetero) is 1. The summed E-state index contributed by atoms with van der Waals surface area (Å²) in [4.78, 5) is 27.3. The fraction of sp³-hybridized carbons (Fsp3) is 0.600. The number of hydrogen-bond acceptors (Lipinski definition) is 6. The molecule has 3 aliphatic heterocycles. The number of benzene rings is 1. The quantitative estimate of drug-likeness (QED) is 0.565. The largest absolute Gasteiger partial charge is 0.468 e. The number of carbonyl (C=O) groups excluding carboxylic acids is 2. The zero-order valence-electron chi connectivity index (χ0n) is 14.9. The van der Waals surface area contributed by atoms with E-state index in [-0.39, 0.29) is 30.5 Å². The zero-order valence-corrected chi connectivity index (χ0v) is 14.9. The Morgan fingerprint density at radius 1 is 1.23 bits per heavy atom. The Kier molecular flexibility index (Phi) is 3.71. The molecular formula is C20H23NO5. The molecule has 0 N–H and O–H groups in total. The van der Waals surface area contributed by atoms with Crippen LogP contribution in [-0.4, -0.2) is 43.6 Å². The van der Waals surface area contributed by atoms with Gasteiger partial charge in [-0.15, -0.1) is 0 Å². The summed E-state index contributed by atoms with van der Waals surface area (Å²) in [7, 11) is 1.38. The molecule has 2 fully saturated rings. The summed E-state index contributed by atoms with van der Waals surface area (Å²) in [6, 6.07) is 4.44. The monoisotopic (exact) mass is 359 g/mol. The van der Waals surface area contributed by atoms with Crippen LogP contribution < -0.4 is 9.47 Å². The molecule has 26 heavy (non-hydrogen) atoms. The molecule has 6 heteroatoms. The smallest absolute Gasteiger partial charge is 0.316 e. The number of ether oxygens (including phenoxy) is 3. The number of rotatable bonds is 1. The molecule has 0 radical (unpaired) electrons. The third-order valence-corrected chi connectivity index (χ3v) is 6.66. The van der Waals surface area contributed by atoms with Gasteiger partial charge in [-0.25, -0.2) is 0 Å². The molecule has 1 saturated heterocycles. The SMILES string of the molecule is CO[14C](=O)[C@@H]1C(=O)CC[C@@H]2CN3CCc4cc5c(cc4[C@@H]3C[C@@H]21)OCO5. The maximum absolute atomic E-state index is 12.5. The second-order valence-electron chi connectivity index (χ2n) is 7.83. The maximum Gasteiger partial charge on any atom is 0.316 e. The molecule has 1 aliphatic carbocycles. The number of hydrogen-bond donors (Lipinski definition) is 0. The van der Waals surface area contributed by atoms with Gasteiger partial charge in [-0.3, -0.25) is 14.5 Å². The molecule has 1 aromatic rings. The van der Waals surface area contributed by atoms with Crippen molar-refractivity contribution in [2.24, 2.45) is 17.8 Å². The van der Waals surface area contributed by atoms with Gasteiger partial charge in [0.1, 0.15) is 11.7 Å². The van der Waals surface area contributed by atoms with Crippen molar-refractivity contribution in [1.29, 1.82) is 0 Å². The molecule has 138 valence electrons. The molecule has 6 nitrogen and oxygen atoms in total. The van der Waals surface area contributed by atoms with Gasteiger partial charge in [0.2, 0.25) is 6.79 Å². The molecule has 3 heterocycles. The highest BCUT2D eigenvalue weighted by molar-refractivity contribution is 5.99. The van der Waals surface area contributed by atoms with E-state index in [9.17, 15) is 9.59 Å². The number of esters is 1. The van der Waals surface area contributed by atoms with Crippen LogP contribution in [0.2, 0.25) is 0 Å². The lowest BCUT2D eigenvalue weighted by atomic mass is 9.68. The van der Waals surface area contributed by atoms with Crippen molar-refractivity contribution >= 4 is 11.8 Å². The topological polar surface area (TPSA) is 65.1 Å². The standard InChI is InChI=1S/C20H23NO5/c1-24-20(23)19-14-7-15-13-8-18-17(25-10-26-18)6-11(13)4-5-21(15)9-12(14)2-3-16(19)22/h6,8,12,14-15,19H,2-5,7,9-10H2,1H3/t12-,14+,15+,19+/m1/s1/i20+2. The van der Waals surface area contributed by atoms with Crippen molar-refractivity contribution < 1.29 is 23.8 Å². The first-order chi connectivity index (χ1) is 12.7. The minimum Gasteiger partial charge on any atom is -0.468 e. The van der Waals surface area contributed by atoms with Gasteiger partial charge in [-0.1, -0.05) is 0 Å². The predicted molar refractivity (Wildman–Crippen MR) is 91.9 cm³/mol. The molecule has 5 rings (SSSR count). The number of nitrogens with zero attached hydrogens (tertiary/aromatic N) is 1. The van der Waals surface area contributed by atoms with Crippen molar-refractivity contribution in [3.05, 3.63) is 23.3 Å². The number of methoxy groups -OCH3 is 1. The van der Waals surface area contributed by atoms with Gasteiger partial charge < -0.3 is 14.2 Å². The molecule has 0 unspecified atom stereocenters. The van der Waals surface area contributed by atoms with E-state index in [1.165, 1.54) is 18.2 Å². The third kappa shape index (κ3) is 2.35. The lowest BCUT2D eigenvalue weighted by molar-refractivity contribution is -0.157. The number of ketones is 1. The summed E-state index contributed by atoms with van der Waals surface area (Å²) in [6.07, 6.45) is 3.20. The summed E-state index contributed by atoms with van der Waals surface area (Å²) in [5.41, 5.74) is 2.56. The van der Waals surface area contributed by atoms with Gasteiger partial charge in [0.15, 0.2) is 11.5 Å². The van der Waals surface area contributed by atoms with Crippen LogP contribution in [0, 0.1) is 17.8 Å². The van der Waals surface area contributed by atoms with Crippen LogP contribution in [0.25, 0.3) is 0 Å². The van der Waals surface area contributed by atoms with E-state index in [0.717, 1.165) is 43.9 Å². The fourth-order valence-electron chi connectivity index (χ4n) is 5.39. The normalized spacial score (nSPS) is 32.4. The highest BCUT2D eigenvalue weighted by Crippen LogP contribution is 2.49. The Balaban J connectivity index is 1.50. The zero-order chi connectivity index (χ0) is 17.8. The molecule has 4 aliphatic rings. The molecular weight excluding hydrogens is 336 g/mol. The van der Waals surface area contributed by atoms with Crippen LogP contribution in [0.15, 0.2) is 12.1 Å². The van der Waals surface area contributed by atoms with E-state index in [0.29, 0.717) is 12.3 Å². The van der Waals surface area contributed by atoms with Gasteiger partial charge >= 0.3 is 5.97 Å². The van der Waals surface area contributed by atoms with E-state index < -0.39 is 5.92 Å². The lowest BCUT2D eigenvalue weighted by Gasteiger charge is -2.50. The second-order valence-corrected chi connectivity index (χ2v) is 7.83. The molecule has 0 amide bonds. The van der Waals surface area contributed by atoms with Gasteiger partial charge in [-0.2, -0.15) is 0 Å². The van der Waals surface area contributed by atoms with E-state index in [1.54, 1.807) is 0 Å². The Bertz CT molecular complexity index is 768. The van der Waals surface area contributed by atoms with Crippen molar-refractivity contribution in [3.8, 4) is 11.5 Å². The van der Waals surface area contributed by atoms with Gasteiger partial charge in [0.05, 0.1) is 7.11 Å². The van der Waals surface area contributed by atoms with E-state index >= 15 is 0 Å². The number of piperidine rings is 1. The number of carbonyl (C=O) groups is 2. The van der Waals surface area contributed by atoms with Gasteiger partial charge in [-0.05, 0) is 54.4 Å². The van der Waals surface area contributed by atoms with Crippen LogP contribution >= 0.6 is 0 Å². The lowest BCUT2D eigenvalue weighted by Crippen LogP contribution is -2.52. The Morgan fingerprint density at radius 3 is 2.85 bits per heavy atom. The molecule has 1 aromatic carbocycles. The second kappa shape index (κ2) is 5.98. The highest BCUT2D eigenvalue weighted by Gasteiger charge is 2.49. The first-order valence-corrected chi connectivity index (χ1v) is 9.42. The Labute approximate surface area is 152 Å². The van der Waals surface area contributed by atoms with Crippen molar-refractivity contribution in [2.45, 2.75) is 31.7 Å². The van der Waals surface area contributed by atoms with E-state index in [2.05, 4.69) is 17.0 Å². The van der Waals surface area contributed by atoms with Crippen molar-refractivity contribution in [3.63, 3.8) is 0 Å². The summed E-state index contributed by atoms with van der Waals surface area (Å²) in [6.45, 7) is 2.23. The molecule has 4 atom stereocenters. The minimum absolute atomic E-state index is 0.0493. The summed E-state index contributed by atoms with van der Waals surface area (Å²) < 4.78 is 16.1. The fourth-order valence-corrected chi connectivity index (χ4v) is 5.39. The first-order valence-electron chi connectivity index (χ1n) is 9.42. The summed E-state index contributed by atoms with van der Waals surface area (Å²) >= 11 is 0. The predicted octanol–water partition coefficient (Wildman–Crippen LogP) is 2.10. The average Bonchev–Trinajstić information content (AvgIpc) is 3.11. The summed E-state index contributed by atoms with van der Waals surface area (Å²) in [5, 5.41) is 0. The Morgan fingerprint density at radius 2 is 2.04 bits per heavy atom. The minimum atomic E-state index is -0.597. The maximum atomic E-state index is 12.5. The van der Waals surface area contributed by atoms with E-state index in [1.807, 2.05) is 0 Å². The van der Waals surface area contributed by atoms with Crippen molar-refractivity contribution in [2.75, 3.05) is 27.0 Å². The first kappa shape index (κ1) is 16.1. The van der Waals surface area contributed by atoms with E-state index in [4.69, 9.17) is 14.2 Å².